The second-order valence-corrected chi connectivity index (χ2v) is 3.00. The number of carboxylic acid groups (broad SMARTS) is 1. The first-order valence-electron chi connectivity index (χ1n) is 4.24. The number of H-pyrrole nitrogens is 1. The molecule has 1 aromatic carbocycles. The minimum Gasteiger partial charge on any atom is -0.465 e. The number of oxazole rings is 1. The highest BCUT2D eigenvalue weighted by atomic mass is 16.4. The van der Waals surface area contributed by atoms with E-state index >= 15 is 0 Å². The molecule has 0 spiro atoms. The molecule has 1 aromatic heterocycles. The molecular formula is C9H8N2O4. The molecule has 0 atom stereocenters. The van der Waals surface area contributed by atoms with E-state index in [1.54, 1.807) is 18.2 Å². The molecule has 0 aliphatic carbocycles. The Morgan fingerprint density at radius 2 is 2.33 bits per heavy atom. The maximum Gasteiger partial charge on any atom is 0.417 e. The smallest absolute Gasteiger partial charge is 0.417 e. The number of rotatable bonds is 2. The molecule has 0 aliphatic rings. The number of hydrogen-bond donors (Lipinski definition) is 3. The predicted molar refractivity (Wildman–Crippen MR) is 51.7 cm³/mol. The van der Waals surface area contributed by atoms with Crippen LogP contribution in [-0.4, -0.2) is 16.2 Å². The van der Waals surface area contributed by atoms with Gasteiger partial charge < -0.3 is 14.8 Å². The van der Waals surface area contributed by atoms with Crippen LogP contribution in [0, 0.1) is 0 Å². The quantitative estimate of drug-likeness (QED) is 0.682. The fourth-order valence-electron chi connectivity index (χ4n) is 1.28. The highest BCUT2D eigenvalue weighted by molar-refractivity contribution is 5.73. The number of hydrogen-bond acceptors (Lipinski definition) is 3. The Labute approximate surface area is 83.5 Å². The summed E-state index contributed by atoms with van der Waals surface area (Å²) >= 11 is 0. The minimum atomic E-state index is -1.09. The van der Waals surface area contributed by atoms with Gasteiger partial charge in [0, 0.05) is 6.54 Å². The van der Waals surface area contributed by atoms with Gasteiger partial charge >= 0.3 is 11.8 Å². The van der Waals surface area contributed by atoms with E-state index in [0.717, 1.165) is 5.56 Å². The molecule has 78 valence electrons. The number of amides is 1. The summed E-state index contributed by atoms with van der Waals surface area (Å²) < 4.78 is 4.83. The fraction of sp³-hybridized carbons (Fsp3) is 0.111. The third-order valence-corrected chi connectivity index (χ3v) is 1.93. The summed E-state index contributed by atoms with van der Waals surface area (Å²) in [6.45, 7) is 0.181. The Bertz CT molecular complexity index is 554. The van der Waals surface area contributed by atoms with Crippen molar-refractivity contribution in [2.45, 2.75) is 6.54 Å². The summed E-state index contributed by atoms with van der Waals surface area (Å²) in [5.74, 6) is -0.520. The number of fused-ring (bicyclic) bond motifs is 1. The van der Waals surface area contributed by atoms with Gasteiger partial charge in [-0.05, 0) is 17.7 Å². The van der Waals surface area contributed by atoms with E-state index in [9.17, 15) is 9.59 Å². The largest absolute Gasteiger partial charge is 0.465 e. The lowest BCUT2D eigenvalue weighted by atomic mass is 10.2. The predicted octanol–water partition coefficient (Wildman–Crippen LogP) is 0.889. The number of benzene rings is 1. The van der Waals surface area contributed by atoms with E-state index in [2.05, 4.69) is 10.3 Å². The van der Waals surface area contributed by atoms with Crippen molar-refractivity contribution in [3.8, 4) is 0 Å². The standard InChI is InChI=1S/C9H8N2O4/c12-8(13)10-4-5-1-2-6-7(3-5)15-9(14)11-6/h1-3,10H,4H2,(H,11,14)(H,12,13). The van der Waals surface area contributed by atoms with E-state index in [4.69, 9.17) is 9.52 Å². The Morgan fingerprint density at radius 1 is 1.53 bits per heavy atom. The molecule has 3 N–H and O–H groups in total. The van der Waals surface area contributed by atoms with Gasteiger partial charge in [0.05, 0.1) is 5.52 Å². The van der Waals surface area contributed by atoms with E-state index in [1.165, 1.54) is 0 Å². The maximum absolute atomic E-state index is 10.8. The highest BCUT2D eigenvalue weighted by Crippen LogP contribution is 2.11. The summed E-state index contributed by atoms with van der Waals surface area (Å²) in [4.78, 5) is 23.6. The number of aromatic nitrogens is 1. The molecule has 0 aliphatic heterocycles. The SMILES string of the molecule is O=C(O)NCc1ccc2[nH]c(=O)oc2c1. The number of aromatic amines is 1. The average molecular weight is 208 g/mol. The van der Waals surface area contributed by atoms with Crippen molar-refractivity contribution in [3.05, 3.63) is 34.3 Å². The first kappa shape index (κ1) is 9.32. The molecule has 0 fully saturated rings. The first-order valence-corrected chi connectivity index (χ1v) is 4.24. The second kappa shape index (κ2) is 3.49. The molecule has 0 saturated carbocycles. The van der Waals surface area contributed by atoms with Crippen molar-refractivity contribution in [1.29, 1.82) is 0 Å². The zero-order chi connectivity index (χ0) is 10.8. The Balaban J connectivity index is 2.30. The molecule has 2 aromatic rings. The van der Waals surface area contributed by atoms with Gasteiger partial charge in [-0.15, -0.1) is 0 Å². The lowest BCUT2D eigenvalue weighted by Gasteiger charge is -1.99. The number of nitrogens with one attached hydrogen (secondary N) is 2. The van der Waals surface area contributed by atoms with Crippen molar-refractivity contribution in [1.82, 2.24) is 10.3 Å². The number of carbonyl (C=O) groups is 1. The first-order chi connectivity index (χ1) is 7.15. The van der Waals surface area contributed by atoms with E-state index in [-0.39, 0.29) is 6.54 Å². The van der Waals surface area contributed by atoms with Gasteiger partial charge in [0.1, 0.15) is 0 Å². The Morgan fingerprint density at radius 3 is 3.07 bits per heavy atom. The molecule has 0 radical (unpaired) electrons. The molecular weight excluding hydrogens is 200 g/mol. The third kappa shape index (κ3) is 1.98. The maximum atomic E-state index is 10.8. The zero-order valence-electron chi connectivity index (χ0n) is 7.61. The Kier molecular flexibility index (Phi) is 2.17. The lowest BCUT2D eigenvalue weighted by molar-refractivity contribution is 0.194. The van der Waals surface area contributed by atoms with Gasteiger partial charge in [-0.25, -0.2) is 9.59 Å². The van der Waals surface area contributed by atoms with E-state index in [0.29, 0.717) is 11.1 Å². The van der Waals surface area contributed by atoms with Crippen molar-refractivity contribution in [2.24, 2.45) is 0 Å². The van der Waals surface area contributed by atoms with Crippen LogP contribution in [0.4, 0.5) is 4.79 Å². The average Bonchev–Trinajstić information content (AvgIpc) is 2.53. The summed E-state index contributed by atoms with van der Waals surface area (Å²) in [5, 5.41) is 10.6. The van der Waals surface area contributed by atoms with Crippen molar-refractivity contribution in [3.63, 3.8) is 0 Å². The van der Waals surface area contributed by atoms with Gasteiger partial charge in [-0.3, -0.25) is 4.98 Å². The van der Waals surface area contributed by atoms with Crippen LogP contribution in [0.1, 0.15) is 5.56 Å². The lowest BCUT2D eigenvalue weighted by Crippen LogP contribution is -2.19. The van der Waals surface area contributed by atoms with Gasteiger partial charge in [-0.1, -0.05) is 6.07 Å². The monoisotopic (exact) mass is 208 g/mol. The molecule has 0 unspecified atom stereocenters. The van der Waals surface area contributed by atoms with Crippen LogP contribution in [0.15, 0.2) is 27.4 Å². The van der Waals surface area contributed by atoms with Crippen LogP contribution in [0.25, 0.3) is 11.1 Å². The van der Waals surface area contributed by atoms with Crippen LogP contribution >= 0.6 is 0 Å². The van der Waals surface area contributed by atoms with Crippen LogP contribution in [0.3, 0.4) is 0 Å². The van der Waals surface area contributed by atoms with Crippen molar-refractivity contribution < 1.29 is 14.3 Å². The molecule has 6 nitrogen and oxygen atoms in total. The Hall–Kier alpha value is -2.24. The van der Waals surface area contributed by atoms with Gasteiger partial charge in [0.2, 0.25) is 0 Å². The zero-order valence-corrected chi connectivity index (χ0v) is 7.61. The second-order valence-electron chi connectivity index (χ2n) is 3.00. The molecule has 2 rings (SSSR count). The van der Waals surface area contributed by atoms with Crippen LogP contribution < -0.4 is 11.1 Å². The fourth-order valence-corrected chi connectivity index (χ4v) is 1.28. The molecule has 0 bridgehead atoms. The van der Waals surface area contributed by atoms with Gasteiger partial charge in [0.25, 0.3) is 0 Å². The highest BCUT2D eigenvalue weighted by Gasteiger charge is 2.02. The summed E-state index contributed by atoms with van der Waals surface area (Å²) in [7, 11) is 0. The molecule has 15 heavy (non-hydrogen) atoms. The minimum absolute atomic E-state index is 0.181. The van der Waals surface area contributed by atoms with Crippen molar-refractivity contribution in [2.75, 3.05) is 0 Å². The summed E-state index contributed by atoms with van der Waals surface area (Å²) in [6, 6.07) is 4.99. The van der Waals surface area contributed by atoms with Crippen LogP contribution in [0.2, 0.25) is 0 Å². The van der Waals surface area contributed by atoms with E-state index < -0.39 is 11.8 Å². The molecule has 0 saturated heterocycles. The molecule has 1 heterocycles. The third-order valence-electron chi connectivity index (χ3n) is 1.93. The molecule has 1 amide bonds. The summed E-state index contributed by atoms with van der Waals surface area (Å²) in [5.41, 5.74) is 1.75. The van der Waals surface area contributed by atoms with Gasteiger partial charge in [-0.2, -0.15) is 0 Å². The topological polar surface area (TPSA) is 95.3 Å². The van der Waals surface area contributed by atoms with Crippen LogP contribution in [-0.2, 0) is 6.54 Å². The summed E-state index contributed by atoms with van der Waals surface area (Å²) in [6.07, 6.45) is -1.09. The van der Waals surface area contributed by atoms with E-state index in [1.807, 2.05) is 0 Å². The normalized spacial score (nSPS) is 10.4. The molecule has 6 heteroatoms. The van der Waals surface area contributed by atoms with Crippen LogP contribution in [0.5, 0.6) is 0 Å². The van der Waals surface area contributed by atoms with Crippen molar-refractivity contribution >= 4 is 17.2 Å². The van der Waals surface area contributed by atoms with Gasteiger partial charge in [0.15, 0.2) is 5.58 Å².